The highest BCUT2D eigenvalue weighted by molar-refractivity contribution is 5.79. The van der Waals surface area contributed by atoms with Crippen LogP contribution >= 0.6 is 0 Å². The van der Waals surface area contributed by atoms with Crippen LogP contribution in [0.5, 0.6) is 0 Å². The standard InChI is InChI=1S/C19H22N4O/c20-11-13-22(12-10-16-6-2-1-3-7-16)19(24)15-23-14-17-8-4-5-9-18(17)21-23/h1-9,14H,10-13,15,20H2. The summed E-state index contributed by atoms with van der Waals surface area (Å²) in [5.41, 5.74) is 7.80. The van der Waals surface area contributed by atoms with E-state index in [0.717, 1.165) is 17.3 Å². The highest BCUT2D eigenvalue weighted by atomic mass is 16.2. The van der Waals surface area contributed by atoms with E-state index in [1.165, 1.54) is 5.56 Å². The normalized spacial score (nSPS) is 10.9. The van der Waals surface area contributed by atoms with Gasteiger partial charge in [-0.15, -0.1) is 0 Å². The zero-order valence-electron chi connectivity index (χ0n) is 13.6. The van der Waals surface area contributed by atoms with Crippen LogP contribution in [0.25, 0.3) is 10.9 Å². The van der Waals surface area contributed by atoms with Gasteiger partial charge >= 0.3 is 0 Å². The minimum absolute atomic E-state index is 0.0455. The van der Waals surface area contributed by atoms with E-state index in [1.807, 2.05) is 53.6 Å². The number of carbonyl (C=O) groups is 1. The third-order valence-electron chi connectivity index (χ3n) is 4.02. The number of rotatable bonds is 7. The van der Waals surface area contributed by atoms with Gasteiger partial charge in [-0.3, -0.25) is 9.48 Å². The Hall–Kier alpha value is -2.66. The summed E-state index contributed by atoms with van der Waals surface area (Å²) in [6, 6.07) is 18.0. The fourth-order valence-electron chi connectivity index (χ4n) is 2.76. The van der Waals surface area contributed by atoms with E-state index < -0.39 is 0 Å². The number of hydrogen-bond acceptors (Lipinski definition) is 3. The second kappa shape index (κ2) is 7.75. The van der Waals surface area contributed by atoms with Crippen LogP contribution in [0.15, 0.2) is 60.8 Å². The number of amides is 1. The van der Waals surface area contributed by atoms with Crippen molar-refractivity contribution < 1.29 is 4.79 Å². The SMILES string of the molecule is NCCN(CCc1ccccc1)C(=O)Cn1cc2ccccc2n1. The molecule has 0 unspecified atom stereocenters. The predicted octanol–water partition coefficient (Wildman–Crippen LogP) is 2.07. The summed E-state index contributed by atoms with van der Waals surface area (Å²) in [5.74, 6) is 0.0455. The Labute approximate surface area is 141 Å². The molecule has 2 N–H and O–H groups in total. The molecule has 0 aliphatic carbocycles. The van der Waals surface area contributed by atoms with Gasteiger partial charge < -0.3 is 10.6 Å². The van der Waals surface area contributed by atoms with Crippen LogP contribution in [-0.4, -0.2) is 40.2 Å². The summed E-state index contributed by atoms with van der Waals surface area (Å²) in [6.07, 6.45) is 2.73. The van der Waals surface area contributed by atoms with E-state index in [0.29, 0.717) is 19.6 Å². The average molecular weight is 322 g/mol. The lowest BCUT2D eigenvalue weighted by atomic mass is 10.1. The quantitative estimate of drug-likeness (QED) is 0.724. The number of benzene rings is 2. The molecule has 0 atom stereocenters. The molecule has 0 saturated carbocycles. The second-order valence-electron chi connectivity index (χ2n) is 5.79. The average Bonchev–Trinajstić information content (AvgIpc) is 3.01. The minimum atomic E-state index is 0.0455. The van der Waals surface area contributed by atoms with Gasteiger partial charge in [0.2, 0.25) is 5.91 Å². The molecule has 5 nitrogen and oxygen atoms in total. The lowest BCUT2D eigenvalue weighted by Gasteiger charge is -2.22. The first kappa shape index (κ1) is 16.2. The lowest BCUT2D eigenvalue weighted by molar-refractivity contribution is -0.131. The molecule has 3 aromatic rings. The predicted molar refractivity (Wildman–Crippen MR) is 95.5 cm³/mol. The zero-order valence-corrected chi connectivity index (χ0v) is 13.6. The van der Waals surface area contributed by atoms with Crippen LogP contribution in [-0.2, 0) is 17.8 Å². The summed E-state index contributed by atoms with van der Waals surface area (Å²) in [6.45, 7) is 1.93. The zero-order chi connectivity index (χ0) is 16.8. The van der Waals surface area contributed by atoms with E-state index in [-0.39, 0.29) is 12.5 Å². The molecular weight excluding hydrogens is 300 g/mol. The highest BCUT2D eigenvalue weighted by Crippen LogP contribution is 2.11. The maximum absolute atomic E-state index is 12.6. The van der Waals surface area contributed by atoms with Crippen molar-refractivity contribution in [1.29, 1.82) is 0 Å². The van der Waals surface area contributed by atoms with Gasteiger partial charge in [0.25, 0.3) is 0 Å². The first-order valence-corrected chi connectivity index (χ1v) is 8.20. The molecule has 0 aliphatic rings. The van der Waals surface area contributed by atoms with Gasteiger partial charge in [-0.1, -0.05) is 48.5 Å². The Kier molecular flexibility index (Phi) is 5.23. The van der Waals surface area contributed by atoms with Crippen molar-refractivity contribution in [2.24, 2.45) is 5.73 Å². The third kappa shape index (κ3) is 4.00. The fraction of sp³-hybridized carbons (Fsp3) is 0.263. The molecule has 24 heavy (non-hydrogen) atoms. The molecule has 0 radical (unpaired) electrons. The number of fused-ring (bicyclic) bond motifs is 1. The van der Waals surface area contributed by atoms with E-state index >= 15 is 0 Å². The third-order valence-corrected chi connectivity index (χ3v) is 4.02. The minimum Gasteiger partial charge on any atom is -0.339 e. The van der Waals surface area contributed by atoms with Crippen molar-refractivity contribution in [1.82, 2.24) is 14.7 Å². The first-order valence-electron chi connectivity index (χ1n) is 8.20. The Morgan fingerprint density at radius 1 is 1.04 bits per heavy atom. The molecule has 0 spiro atoms. The van der Waals surface area contributed by atoms with Crippen LogP contribution in [0.3, 0.4) is 0 Å². The number of nitrogens with zero attached hydrogens (tertiary/aromatic N) is 3. The molecule has 0 saturated heterocycles. The summed E-state index contributed by atoms with van der Waals surface area (Å²) >= 11 is 0. The molecule has 1 amide bonds. The van der Waals surface area contributed by atoms with Crippen molar-refractivity contribution in [3.05, 3.63) is 66.4 Å². The maximum atomic E-state index is 12.6. The number of nitrogens with two attached hydrogens (primary N) is 1. The molecule has 124 valence electrons. The van der Waals surface area contributed by atoms with Gasteiger partial charge in [-0.25, -0.2) is 0 Å². The molecule has 1 aromatic heterocycles. The summed E-state index contributed by atoms with van der Waals surface area (Å²) in [7, 11) is 0. The van der Waals surface area contributed by atoms with Crippen molar-refractivity contribution in [2.45, 2.75) is 13.0 Å². The Morgan fingerprint density at radius 3 is 2.54 bits per heavy atom. The molecule has 2 aromatic carbocycles. The molecule has 0 aliphatic heterocycles. The topological polar surface area (TPSA) is 64.2 Å². The van der Waals surface area contributed by atoms with Gasteiger partial charge in [0, 0.05) is 31.2 Å². The second-order valence-corrected chi connectivity index (χ2v) is 5.79. The molecular formula is C19H22N4O. The van der Waals surface area contributed by atoms with Crippen molar-refractivity contribution >= 4 is 16.8 Å². The largest absolute Gasteiger partial charge is 0.339 e. The summed E-state index contributed by atoms with van der Waals surface area (Å²) in [4.78, 5) is 14.4. The molecule has 5 heteroatoms. The van der Waals surface area contributed by atoms with Crippen LogP contribution in [0.2, 0.25) is 0 Å². The molecule has 3 rings (SSSR count). The van der Waals surface area contributed by atoms with Crippen LogP contribution in [0.1, 0.15) is 5.56 Å². The fourth-order valence-corrected chi connectivity index (χ4v) is 2.76. The summed E-state index contributed by atoms with van der Waals surface area (Å²) < 4.78 is 1.71. The number of carbonyl (C=O) groups excluding carboxylic acids is 1. The van der Waals surface area contributed by atoms with Gasteiger partial charge in [0.1, 0.15) is 6.54 Å². The summed E-state index contributed by atoms with van der Waals surface area (Å²) in [5, 5.41) is 5.49. The van der Waals surface area contributed by atoms with Crippen molar-refractivity contribution in [3.63, 3.8) is 0 Å². The Balaban J connectivity index is 1.65. The Bertz CT molecular complexity index is 764. The van der Waals surface area contributed by atoms with Gasteiger partial charge in [-0.2, -0.15) is 5.10 Å². The van der Waals surface area contributed by atoms with E-state index in [1.54, 1.807) is 4.68 Å². The first-order chi connectivity index (χ1) is 11.8. The Morgan fingerprint density at radius 2 is 1.79 bits per heavy atom. The van der Waals surface area contributed by atoms with Gasteiger partial charge in [0.15, 0.2) is 0 Å². The monoisotopic (exact) mass is 322 g/mol. The molecule has 0 bridgehead atoms. The lowest BCUT2D eigenvalue weighted by Crippen LogP contribution is -2.39. The van der Waals surface area contributed by atoms with E-state index in [9.17, 15) is 4.79 Å². The molecule has 0 fully saturated rings. The van der Waals surface area contributed by atoms with E-state index in [2.05, 4.69) is 17.2 Å². The van der Waals surface area contributed by atoms with Crippen molar-refractivity contribution in [2.75, 3.05) is 19.6 Å². The van der Waals surface area contributed by atoms with Crippen LogP contribution in [0, 0.1) is 0 Å². The van der Waals surface area contributed by atoms with Gasteiger partial charge in [-0.05, 0) is 18.1 Å². The van der Waals surface area contributed by atoms with Gasteiger partial charge in [0.05, 0.1) is 5.52 Å². The molecule has 1 heterocycles. The van der Waals surface area contributed by atoms with Crippen molar-refractivity contribution in [3.8, 4) is 0 Å². The van der Waals surface area contributed by atoms with Crippen LogP contribution in [0.4, 0.5) is 0 Å². The van der Waals surface area contributed by atoms with E-state index in [4.69, 9.17) is 5.73 Å². The number of aromatic nitrogens is 2. The van der Waals surface area contributed by atoms with Crippen LogP contribution < -0.4 is 5.73 Å². The maximum Gasteiger partial charge on any atom is 0.244 e. The highest BCUT2D eigenvalue weighted by Gasteiger charge is 2.14. The smallest absolute Gasteiger partial charge is 0.244 e. The number of hydrogen-bond donors (Lipinski definition) is 1.